The number of benzene rings is 1. The third kappa shape index (κ3) is 4.09. The molecule has 0 aliphatic heterocycles. The number of carbonyl (C=O) groups excluding carboxylic acids is 1. The van der Waals surface area contributed by atoms with E-state index < -0.39 is 11.5 Å². The van der Waals surface area contributed by atoms with E-state index in [-0.39, 0.29) is 11.7 Å². The van der Waals surface area contributed by atoms with Crippen LogP contribution in [0.2, 0.25) is 0 Å². The molecule has 1 fully saturated rings. The maximum atomic E-state index is 12.4. The summed E-state index contributed by atoms with van der Waals surface area (Å²) in [6.45, 7) is 0. The Kier molecular flexibility index (Phi) is 6.27. The van der Waals surface area contributed by atoms with E-state index in [2.05, 4.69) is 6.07 Å². The van der Waals surface area contributed by atoms with Crippen LogP contribution in [0.3, 0.4) is 0 Å². The van der Waals surface area contributed by atoms with Gasteiger partial charge in [0.2, 0.25) is 5.91 Å². The number of hydrogen-bond donors (Lipinski definition) is 1. The van der Waals surface area contributed by atoms with Crippen LogP contribution in [0.1, 0.15) is 43.2 Å². The van der Waals surface area contributed by atoms with Gasteiger partial charge in [-0.25, -0.2) is 4.79 Å². The van der Waals surface area contributed by atoms with Gasteiger partial charge in [-0.05, 0) is 30.5 Å². The second-order valence-corrected chi connectivity index (χ2v) is 7.14. The lowest BCUT2D eigenvalue weighted by atomic mass is 9.80. The molecule has 0 unspecified atom stereocenters. The molecule has 1 aromatic rings. The molecule has 1 aliphatic carbocycles. The SMILES string of the molecule is CN(C(=O)CSCc1ccc(C#N)cc1)C1(C(=O)O)CCCCC1. The summed E-state index contributed by atoms with van der Waals surface area (Å²) in [7, 11) is 1.62. The maximum Gasteiger partial charge on any atom is 0.329 e. The maximum absolute atomic E-state index is 12.4. The Morgan fingerprint density at radius 3 is 2.42 bits per heavy atom. The Morgan fingerprint density at radius 1 is 1.25 bits per heavy atom. The number of nitriles is 1. The number of amides is 1. The van der Waals surface area contributed by atoms with Gasteiger partial charge in [0.25, 0.3) is 0 Å². The topological polar surface area (TPSA) is 81.4 Å². The summed E-state index contributed by atoms with van der Waals surface area (Å²) >= 11 is 1.46. The van der Waals surface area contributed by atoms with Crippen molar-refractivity contribution < 1.29 is 14.7 Å². The summed E-state index contributed by atoms with van der Waals surface area (Å²) in [6.07, 6.45) is 3.80. The Bertz CT molecular complexity index is 631. The number of nitrogens with zero attached hydrogens (tertiary/aromatic N) is 2. The molecule has 1 saturated carbocycles. The summed E-state index contributed by atoms with van der Waals surface area (Å²) in [5.74, 6) is -0.121. The molecule has 128 valence electrons. The average Bonchev–Trinajstić information content (AvgIpc) is 2.62. The van der Waals surface area contributed by atoms with Gasteiger partial charge >= 0.3 is 5.97 Å². The molecule has 24 heavy (non-hydrogen) atoms. The second-order valence-electron chi connectivity index (χ2n) is 6.15. The van der Waals surface area contributed by atoms with Crippen LogP contribution in [-0.4, -0.2) is 40.2 Å². The third-order valence-electron chi connectivity index (χ3n) is 4.67. The lowest BCUT2D eigenvalue weighted by Gasteiger charge is -2.41. The fourth-order valence-electron chi connectivity index (χ4n) is 3.10. The van der Waals surface area contributed by atoms with E-state index in [0.717, 1.165) is 24.8 Å². The van der Waals surface area contributed by atoms with Gasteiger partial charge in [-0.15, -0.1) is 11.8 Å². The van der Waals surface area contributed by atoms with E-state index in [1.807, 2.05) is 12.1 Å². The Labute approximate surface area is 146 Å². The van der Waals surface area contributed by atoms with Crippen molar-refractivity contribution in [2.24, 2.45) is 0 Å². The fourth-order valence-corrected chi connectivity index (χ4v) is 4.00. The number of carboxylic acids is 1. The molecule has 1 amide bonds. The zero-order valence-corrected chi connectivity index (χ0v) is 14.6. The average molecular weight is 346 g/mol. The largest absolute Gasteiger partial charge is 0.479 e. The van der Waals surface area contributed by atoms with Gasteiger partial charge in [0.15, 0.2) is 0 Å². The van der Waals surface area contributed by atoms with E-state index in [9.17, 15) is 14.7 Å². The molecule has 0 saturated heterocycles. The van der Waals surface area contributed by atoms with Crippen LogP contribution in [0.5, 0.6) is 0 Å². The Morgan fingerprint density at radius 2 is 1.88 bits per heavy atom. The lowest BCUT2D eigenvalue weighted by molar-refractivity contribution is -0.159. The quantitative estimate of drug-likeness (QED) is 0.856. The number of thioether (sulfide) groups is 1. The van der Waals surface area contributed by atoms with E-state index in [4.69, 9.17) is 5.26 Å². The molecule has 1 aromatic carbocycles. The molecule has 0 bridgehead atoms. The van der Waals surface area contributed by atoms with Crippen molar-refractivity contribution in [1.29, 1.82) is 5.26 Å². The van der Waals surface area contributed by atoms with Crippen molar-refractivity contribution in [3.8, 4) is 6.07 Å². The van der Waals surface area contributed by atoms with Crippen molar-refractivity contribution in [1.82, 2.24) is 4.90 Å². The summed E-state index contributed by atoms with van der Waals surface area (Å²) in [4.78, 5) is 25.6. The van der Waals surface area contributed by atoms with Crippen molar-refractivity contribution in [2.75, 3.05) is 12.8 Å². The lowest BCUT2D eigenvalue weighted by Crippen LogP contribution is -2.56. The summed E-state index contributed by atoms with van der Waals surface area (Å²) in [5.41, 5.74) is 0.616. The minimum atomic E-state index is -1.04. The predicted octanol–water partition coefficient (Wildman–Crippen LogP) is 3.04. The molecule has 2 rings (SSSR count). The van der Waals surface area contributed by atoms with Gasteiger partial charge < -0.3 is 10.0 Å². The monoisotopic (exact) mass is 346 g/mol. The molecule has 0 radical (unpaired) electrons. The van der Waals surface area contributed by atoms with E-state index >= 15 is 0 Å². The number of likely N-dealkylation sites (N-methyl/N-ethyl adjacent to an activating group) is 1. The van der Waals surface area contributed by atoms with Crippen molar-refractivity contribution in [3.63, 3.8) is 0 Å². The molecule has 1 N–H and O–H groups in total. The fraction of sp³-hybridized carbons (Fsp3) is 0.500. The Balaban J connectivity index is 1.90. The van der Waals surface area contributed by atoms with E-state index in [1.54, 1.807) is 19.2 Å². The molecule has 0 spiro atoms. The standard InChI is InChI=1S/C18H22N2O3S/c1-20(18(17(22)23)9-3-2-4-10-18)16(21)13-24-12-15-7-5-14(11-19)6-8-15/h5-8H,2-4,9-10,12-13H2,1H3,(H,22,23). The first-order valence-corrected chi connectivity index (χ1v) is 9.22. The van der Waals surface area contributed by atoms with Crippen LogP contribution in [0, 0.1) is 11.3 Å². The van der Waals surface area contributed by atoms with Gasteiger partial charge in [0.05, 0.1) is 17.4 Å². The van der Waals surface area contributed by atoms with Crippen LogP contribution < -0.4 is 0 Å². The summed E-state index contributed by atoms with van der Waals surface area (Å²) in [6, 6.07) is 9.33. The number of hydrogen-bond acceptors (Lipinski definition) is 4. The van der Waals surface area contributed by atoms with Gasteiger partial charge in [-0.1, -0.05) is 31.4 Å². The molecule has 0 atom stereocenters. The van der Waals surface area contributed by atoms with Crippen LogP contribution in [-0.2, 0) is 15.3 Å². The minimum Gasteiger partial charge on any atom is -0.479 e. The summed E-state index contributed by atoms with van der Waals surface area (Å²) in [5, 5.41) is 18.4. The first-order chi connectivity index (χ1) is 11.5. The first-order valence-electron chi connectivity index (χ1n) is 8.06. The van der Waals surface area contributed by atoms with Gasteiger partial charge in [0.1, 0.15) is 5.54 Å². The normalized spacial score (nSPS) is 16.2. The molecule has 1 aliphatic rings. The zero-order chi connectivity index (χ0) is 17.6. The Hall–Kier alpha value is -2.00. The first kappa shape index (κ1) is 18.3. The predicted molar refractivity (Wildman–Crippen MR) is 93.5 cm³/mol. The van der Waals surface area contributed by atoms with Crippen LogP contribution >= 0.6 is 11.8 Å². The van der Waals surface area contributed by atoms with Crippen LogP contribution in [0.4, 0.5) is 0 Å². The zero-order valence-electron chi connectivity index (χ0n) is 13.8. The highest BCUT2D eigenvalue weighted by atomic mass is 32.2. The van der Waals surface area contributed by atoms with Crippen molar-refractivity contribution in [3.05, 3.63) is 35.4 Å². The van der Waals surface area contributed by atoms with Crippen LogP contribution in [0.15, 0.2) is 24.3 Å². The number of carboxylic acid groups (broad SMARTS) is 1. The number of aliphatic carboxylic acids is 1. The number of rotatable bonds is 6. The molecule has 0 heterocycles. The molecule has 6 heteroatoms. The molecule has 5 nitrogen and oxygen atoms in total. The summed E-state index contributed by atoms with van der Waals surface area (Å²) < 4.78 is 0. The van der Waals surface area contributed by atoms with Gasteiger partial charge in [-0.2, -0.15) is 5.26 Å². The highest BCUT2D eigenvalue weighted by Crippen LogP contribution is 2.33. The minimum absolute atomic E-state index is 0.141. The van der Waals surface area contributed by atoms with E-state index in [1.165, 1.54) is 16.7 Å². The van der Waals surface area contributed by atoms with Gasteiger partial charge in [-0.3, -0.25) is 4.79 Å². The highest BCUT2D eigenvalue weighted by molar-refractivity contribution is 7.99. The van der Waals surface area contributed by atoms with E-state index in [0.29, 0.717) is 24.2 Å². The smallest absolute Gasteiger partial charge is 0.329 e. The molecular formula is C18H22N2O3S. The second kappa shape index (κ2) is 8.20. The molecular weight excluding hydrogens is 324 g/mol. The highest BCUT2D eigenvalue weighted by Gasteiger charge is 2.45. The van der Waals surface area contributed by atoms with Crippen molar-refractivity contribution >= 4 is 23.6 Å². The van der Waals surface area contributed by atoms with Gasteiger partial charge in [0, 0.05) is 12.8 Å². The third-order valence-corrected chi connectivity index (χ3v) is 5.66. The molecule has 0 aromatic heterocycles. The van der Waals surface area contributed by atoms with Crippen molar-refractivity contribution in [2.45, 2.75) is 43.4 Å². The number of carbonyl (C=O) groups is 2. The van der Waals surface area contributed by atoms with Crippen LogP contribution in [0.25, 0.3) is 0 Å².